The molecule has 0 radical (unpaired) electrons. The van der Waals surface area contributed by atoms with Crippen molar-refractivity contribution in [2.24, 2.45) is 5.73 Å². The summed E-state index contributed by atoms with van der Waals surface area (Å²) in [5, 5.41) is 0. The molecule has 52 heavy (non-hydrogen) atoms. The molecule has 0 spiro atoms. The van der Waals surface area contributed by atoms with E-state index in [0.29, 0.717) is 6.42 Å². The van der Waals surface area contributed by atoms with Crippen molar-refractivity contribution < 1.29 is 37.6 Å². The van der Waals surface area contributed by atoms with E-state index in [1.807, 2.05) is 0 Å². The van der Waals surface area contributed by atoms with Crippen molar-refractivity contribution >= 4 is 19.8 Å². The standard InChI is InChI=1S/C42H84NO8P/c1-3-5-7-9-11-13-15-17-18-19-20-21-22-23-25-27-29-31-33-35-42(45)51-40(39-50-52(46,47)49-37-36-43)38-48-41(44)34-32-30-28-26-24-16-14-12-10-8-6-4-2/h40H,3-39,43H2,1-2H3,(H,46,47). The van der Waals surface area contributed by atoms with Crippen molar-refractivity contribution in [3.8, 4) is 0 Å². The van der Waals surface area contributed by atoms with Crippen molar-refractivity contribution in [2.75, 3.05) is 26.4 Å². The van der Waals surface area contributed by atoms with Gasteiger partial charge in [-0.05, 0) is 12.8 Å². The molecule has 0 bridgehead atoms. The van der Waals surface area contributed by atoms with Gasteiger partial charge in [-0.1, -0.05) is 200 Å². The largest absolute Gasteiger partial charge is 0.472 e. The monoisotopic (exact) mass is 762 g/mol. The van der Waals surface area contributed by atoms with E-state index in [1.165, 1.54) is 161 Å². The number of unbranched alkanes of at least 4 members (excludes halogenated alkanes) is 29. The summed E-state index contributed by atoms with van der Waals surface area (Å²) in [5.74, 6) is -0.813. The SMILES string of the molecule is CCCCCCCCCCCCCCCCCCCCCC(=O)OC(COC(=O)CCCCCCCCCCCCCC)COP(=O)(O)OCCN. The van der Waals surface area contributed by atoms with Crippen LogP contribution in [0.5, 0.6) is 0 Å². The van der Waals surface area contributed by atoms with Crippen LogP contribution in [-0.2, 0) is 32.7 Å². The van der Waals surface area contributed by atoms with Crippen LogP contribution < -0.4 is 5.73 Å². The quantitative estimate of drug-likeness (QED) is 0.0354. The van der Waals surface area contributed by atoms with Gasteiger partial charge in [0.1, 0.15) is 6.61 Å². The van der Waals surface area contributed by atoms with Crippen LogP contribution in [0.2, 0.25) is 0 Å². The van der Waals surface area contributed by atoms with Crippen molar-refractivity contribution in [2.45, 2.75) is 232 Å². The van der Waals surface area contributed by atoms with E-state index in [-0.39, 0.29) is 38.6 Å². The molecule has 0 aliphatic rings. The predicted octanol–water partition coefficient (Wildman–Crippen LogP) is 12.4. The third-order valence-corrected chi connectivity index (χ3v) is 10.7. The lowest BCUT2D eigenvalue weighted by atomic mass is 10.0. The molecule has 0 aromatic rings. The van der Waals surface area contributed by atoms with Gasteiger partial charge in [-0.2, -0.15) is 0 Å². The van der Waals surface area contributed by atoms with E-state index in [1.54, 1.807) is 0 Å². The molecular weight excluding hydrogens is 677 g/mol. The minimum Gasteiger partial charge on any atom is -0.462 e. The van der Waals surface area contributed by atoms with Gasteiger partial charge in [-0.15, -0.1) is 0 Å². The number of ether oxygens (including phenoxy) is 2. The molecule has 0 rings (SSSR count). The van der Waals surface area contributed by atoms with E-state index >= 15 is 0 Å². The number of nitrogens with two attached hydrogens (primary N) is 1. The van der Waals surface area contributed by atoms with Gasteiger partial charge in [0.25, 0.3) is 0 Å². The Labute approximate surface area is 320 Å². The van der Waals surface area contributed by atoms with E-state index in [4.69, 9.17) is 24.3 Å². The molecule has 0 fully saturated rings. The number of carbonyl (C=O) groups excluding carboxylic acids is 2. The Hall–Kier alpha value is -0.990. The normalized spacial score (nSPS) is 13.2. The first-order valence-corrected chi connectivity index (χ1v) is 23.5. The highest BCUT2D eigenvalue weighted by molar-refractivity contribution is 7.47. The minimum atomic E-state index is -4.37. The lowest BCUT2D eigenvalue weighted by Crippen LogP contribution is -2.29. The first-order valence-electron chi connectivity index (χ1n) is 22.0. The second-order valence-corrected chi connectivity index (χ2v) is 16.4. The Kier molecular flexibility index (Phi) is 38.9. The smallest absolute Gasteiger partial charge is 0.462 e. The molecule has 0 aliphatic heterocycles. The molecule has 2 unspecified atom stereocenters. The summed E-state index contributed by atoms with van der Waals surface area (Å²) in [7, 11) is -4.37. The maximum Gasteiger partial charge on any atom is 0.472 e. The second kappa shape index (κ2) is 39.7. The first kappa shape index (κ1) is 51.0. The fraction of sp³-hybridized carbons (Fsp3) is 0.952. The maximum atomic E-state index is 12.6. The van der Waals surface area contributed by atoms with Crippen LogP contribution in [-0.4, -0.2) is 49.3 Å². The third kappa shape index (κ3) is 38.7. The topological polar surface area (TPSA) is 134 Å². The fourth-order valence-electron chi connectivity index (χ4n) is 6.46. The van der Waals surface area contributed by atoms with Crippen LogP contribution >= 0.6 is 7.82 Å². The summed E-state index contributed by atoms with van der Waals surface area (Å²) < 4.78 is 32.8. The molecule has 310 valence electrons. The van der Waals surface area contributed by atoms with Crippen molar-refractivity contribution in [3.05, 3.63) is 0 Å². The number of carbonyl (C=O) groups is 2. The second-order valence-electron chi connectivity index (χ2n) is 14.9. The zero-order valence-corrected chi connectivity index (χ0v) is 35.0. The van der Waals surface area contributed by atoms with Crippen LogP contribution in [0.15, 0.2) is 0 Å². The average molecular weight is 762 g/mol. The van der Waals surface area contributed by atoms with Gasteiger partial charge in [-0.3, -0.25) is 18.6 Å². The molecule has 0 aromatic heterocycles. The molecule has 3 N–H and O–H groups in total. The average Bonchev–Trinajstić information content (AvgIpc) is 3.13. The van der Waals surface area contributed by atoms with Gasteiger partial charge >= 0.3 is 19.8 Å². The Morgan fingerprint density at radius 1 is 0.500 bits per heavy atom. The van der Waals surface area contributed by atoms with E-state index in [2.05, 4.69) is 13.8 Å². The zero-order valence-electron chi connectivity index (χ0n) is 34.1. The zero-order chi connectivity index (χ0) is 38.2. The van der Waals surface area contributed by atoms with Crippen molar-refractivity contribution in [3.63, 3.8) is 0 Å². The number of phosphoric ester groups is 1. The van der Waals surface area contributed by atoms with Gasteiger partial charge in [0.15, 0.2) is 6.10 Å². The molecule has 0 amide bonds. The summed E-state index contributed by atoms with van der Waals surface area (Å²) >= 11 is 0. The Bertz CT molecular complexity index is 830. The highest BCUT2D eigenvalue weighted by Crippen LogP contribution is 2.43. The van der Waals surface area contributed by atoms with Crippen LogP contribution in [0.3, 0.4) is 0 Å². The predicted molar refractivity (Wildman–Crippen MR) is 215 cm³/mol. The number of rotatable bonds is 42. The summed E-state index contributed by atoms with van der Waals surface area (Å²) in [6.07, 6.45) is 38.5. The van der Waals surface area contributed by atoms with Crippen molar-refractivity contribution in [1.82, 2.24) is 0 Å². The van der Waals surface area contributed by atoms with Crippen molar-refractivity contribution in [1.29, 1.82) is 0 Å². The summed E-state index contributed by atoms with van der Waals surface area (Å²) in [6, 6.07) is 0. The first-order chi connectivity index (χ1) is 25.3. The van der Waals surface area contributed by atoms with Gasteiger partial charge in [0.05, 0.1) is 13.2 Å². The van der Waals surface area contributed by atoms with Gasteiger partial charge in [-0.25, -0.2) is 4.57 Å². The van der Waals surface area contributed by atoms with Gasteiger partial charge in [0, 0.05) is 19.4 Å². The van der Waals surface area contributed by atoms with E-state index < -0.39 is 26.5 Å². The van der Waals surface area contributed by atoms with Crippen LogP contribution in [0.25, 0.3) is 0 Å². The van der Waals surface area contributed by atoms with Crippen LogP contribution in [0.1, 0.15) is 226 Å². The summed E-state index contributed by atoms with van der Waals surface area (Å²) in [4.78, 5) is 34.8. The lowest BCUT2D eigenvalue weighted by Gasteiger charge is -2.19. The summed E-state index contributed by atoms with van der Waals surface area (Å²) in [6.45, 7) is 3.77. The maximum absolute atomic E-state index is 12.6. The minimum absolute atomic E-state index is 0.0580. The number of hydrogen-bond acceptors (Lipinski definition) is 8. The molecule has 0 aliphatic carbocycles. The highest BCUT2D eigenvalue weighted by atomic mass is 31.2. The molecule has 9 nitrogen and oxygen atoms in total. The van der Waals surface area contributed by atoms with E-state index in [9.17, 15) is 19.0 Å². The van der Waals surface area contributed by atoms with Crippen LogP contribution in [0.4, 0.5) is 0 Å². The number of hydrogen-bond donors (Lipinski definition) is 2. The Balaban J connectivity index is 4.06. The molecule has 10 heteroatoms. The fourth-order valence-corrected chi connectivity index (χ4v) is 7.23. The Morgan fingerprint density at radius 3 is 1.17 bits per heavy atom. The molecule has 2 atom stereocenters. The Morgan fingerprint density at radius 2 is 0.827 bits per heavy atom. The molecule has 0 aromatic carbocycles. The third-order valence-electron chi connectivity index (χ3n) is 9.74. The lowest BCUT2D eigenvalue weighted by molar-refractivity contribution is -0.161. The van der Waals surface area contributed by atoms with Crippen LogP contribution in [0, 0.1) is 0 Å². The van der Waals surface area contributed by atoms with Gasteiger partial charge in [0.2, 0.25) is 0 Å². The molecular formula is C42H84NO8P. The number of phosphoric acid groups is 1. The van der Waals surface area contributed by atoms with Gasteiger partial charge < -0.3 is 20.1 Å². The molecule has 0 saturated carbocycles. The molecule has 0 heterocycles. The number of esters is 2. The molecule has 0 saturated heterocycles. The summed E-state index contributed by atoms with van der Waals surface area (Å²) in [5.41, 5.74) is 5.34. The highest BCUT2D eigenvalue weighted by Gasteiger charge is 2.26. The van der Waals surface area contributed by atoms with E-state index in [0.717, 1.165) is 32.1 Å².